The Labute approximate surface area is 85.4 Å². The molecule has 0 spiro atoms. The molecule has 0 amide bonds. The largest absolute Gasteiger partial charge is 0.513 e. The number of hydrogen-bond acceptors (Lipinski definition) is 3. The first-order valence-electron chi connectivity index (χ1n) is 4.87. The van der Waals surface area contributed by atoms with Gasteiger partial charge in [-0.2, -0.15) is 0 Å². The minimum atomic E-state index is -0.673. The van der Waals surface area contributed by atoms with Gasteiger partial charge in [-0.3, -0.25) is 0 Å². The normalized spacial score (nSPS) is 11.8. The third-order valence-corrected chi connectivity index (χ3v) is 1.52. The van der Waals surface area contributed by atoms with E-state index in [1.54, 1.807) is 6.08 Å². The van der Waals surface area contributed by atoms with Crippen molar-refractivity contribution in [3.05, 3.63) is 24.0 Å². The minimum absolute atomic E-state index is 0.556. The zero-order valence-corrected chi connectivity index (χ0v) is 9.08. The Morgan fingerprint density at radius 1 is 1.36 bits per heavy atom. The molecule has 0 saturated carbocycles. The second-order valence-electron chi connectivity index (χ2n) is 2.76. The molecule has 3 heteroatoms. The number of hydrogen-bond donors (Lipinski definition) is 0. The lowest BCUT2D eigenvalue weighted by atomic mass is 10.3. The number of carbonyl (C=O) groups is 1. The van der Waals surface area contributed by atoms with Gasteiger partial charge in [0.05, 0.1) is 7.11 Å². The summed E-state index contributed by atoms with van der Waals surface area (Å²) >= 11 is 0. The van der Waals surface area contributed by atoms with Crippen LogP contribution in [0.15, 0.2) is 24.0 Å². The van der Waals surface area contributed by atoms with Crippen molar-refractivity contribution in [1.82, 2.24) is 0 Å². The SMILES string of the molecule is CC/C=C\C(=C/CCC)OC(=O)OC. The van der Waals surface area contributed by atoms with E-state index in [1.807, 2.05) is 19.1 Å². The van der Waals surface area contributed by atoms with Crippen molar-refractivity contribution in [3.63, 3.8) is 0 Å². The van der Waals surface area contributed by atoms with Crippen LogP contribution in [0.3, 0.4) is 0 Å². The number of unbranched alkanes of at least 4 members (excludes halogenated alkanes) is 1. The number of rotatable bonds is 5. The van der Waals surface area contributed by atoms with E-state index in [-0.39, 0.29) is 0 Å². The van der Waals surface area contributed by atoms with Gasteiger partial charge in [-0.05, 0) is 25.0 Å². The van der Waals surface area contributed by atoms with Gasteiger partial charge in [0.15, 0.2) is 0 Å². The molecule has 0 aromatic carbocycles. The van der Waals surface area contributed by atoms with Gasteiger partial charge >= 0.3 is 6.16 Å². The maximum atomic E-state index is 10.8. The van der Waals surface area contributed by atoms with Crippen LogP contribution in [0, 0.1) is 0 Å². The van der Waals surface area contributed by atoms with Crippen molar-refractivity contribution in [2.75, 3.05) is 7.11 Å². The molecular weight excluding hydrogens is 180 g/mol. The Balaban J connectivity index is 4.24. The summed E-state index contributed by atoms with van der Waals surface area (Å²) in [5, 5.41) is 0. The molecule has 3 nitrogen and oxygen atoms in total. The van der Waals surface area contributed by atoms with Crippen LogP contribution in [-0.4, -0.2) is 13.3 Å². The fraction of sp³-hybridized carbons (Fsp3) is 0.545. The molecule has 0 saturated heterocycles. The van der Waals surface area contributed by atoms with Gasteiger partial charge in [-0.1, -0.05) is 26.3 Å². The molecule has 14 heavy (non-hydrogen) atoms. The van der Waals surface area contributed by atoms with Crippen molar-refractivity contribution in [1.29, 1.82) is 0 Å². The van der Waals surface area contributed by atoms with E-state index < -0.39 is 6.16 Å². The predicted molar refractivity (Wildman–Crippen MR) is 55.9 cm³/mol. The zero-order valence-electron chi connectivity index (χ0n) is 9.08. The van der Waals surface area contributed by atoms with Crippen LogP contribution >= 0.6 is 0 Å². The third-order valence-electron chi connectivity index (χ3n) is 1.52. The number of methoxy groups -OCH3 is 1. The molecule has 0 aliphatic rings. The van der Waals surface area contributed by atoms with Gasteiger partial charge in [0, 0.05) is 0 Å². The highest BCUT2D eigenvalue weighted by Crippen LogP contribution is 2.05. The lowest BCUT2D eigenvalue weighted by Crippen LogP contribution is -2.02. The highest BCUT2D eigenvalue weighted by Gasteiger charge is 2.02. The van der Waals surface area contributed by atoms with E-state index in [9.17, 15) is 4.79 Å². The predicted octanol–water partition coefficient (Wildman–Crippen LogP) is 3.42. The lowest BCUT2D eigenvalue weighted by molar-refractivity contribution is 0.0996. The van der Waals surface area contributed by atoms with Crippen LogP contribution in [0.5, 0.6) is 0 Å². The highest BCUT2D eigenvalue weighted by atomic mass is 16.7. The maximum Gasteiger partial charge on any atom is 0.513 e. The van der Waals surface area contributed by atoms with Crippen LogP contribution in [0.25, 0.3) is 0 Å². The summed E-state index contributed by atoms with van der Waals surface area (Å²) in [6.07, 6.45) is 7.75. The molecule has 0 unspecified atom stereocenters. The average molecular weight is 198 g/mol. The molecule has 0 fully saturated rings. The summed E-state index contributed by atoms with van der Waals surface area (Å²) in [5.74, 6) is 0.556. The van der Waals surface area contributed by atoms with Crippen LogP contribution in [0.2, 0.25) is 0 Å². The molecule has 0 aromatic rings. The number of carbonyl (C=O) groups excluding carboxylic acids is 1. The molecule has 0 heterocycles. The summed E-state index contributed by atoms with van der Waals surface area (Å²) in [6.45, 7) is 4.09. The molecule has 0 aliphatic heterocycles. The smallest absolute Gasteiger partial charge is 0.437 e. The van der Waals surface area contributed by atoms with Crippen molar-refractivity contribution in [3.8, 4) is 0 Å². The average Bonchev–Trinajstić information content (AvgIpc) is 2.21. The van der Waals surface area contributed by atoms with Gasteiger partial charge in [-0.25, -0.2) is 4.79 Å². The summed E-state index contributed by atoms with van der Waals surface area (Å²) in [5.41, 5.74) is 0. The fourth-order valence-corrected chi connectivity index (χ4v) is 0.802. The molecule has 0 N–H and O–H groups in total. The molecule has 0 atom stereocenters. The van der Waals surface area contributed by atoms with Crippen LogP contribution in [-0.2, 0) is 9.47 Å². The molecular formula is C11H18O3. The van der Waals surface area contributed by atoms with Crippen molar-refractivity contribution in [2.45, 2.75) is 33.1 Å². The Kier molecular flexibility index (Phi) is 7.61. The van der Waals surface area contributed by atoms with Gasteiger partial charge < -0.3 is 9.47 Å². The Hall–Kier alpha value is -1.25. The van der Waals surface area contributed by atoms with Gasteiger partial charge in [0.25, 0.3) is 0 Å². The number of allylic oxidation sites excluding steroid dienone is 3. The minimum Gasteiger partial charge on any atom is -0.437 e. The Bertz CT molecular complexity index is 217. The second-order valence-corrected chi connectivity index (χ2v) is 2.76. The van der Waals surface area contributed by atoms with E-state index in [4.69, 9.17) is 4.74 Å². The van der Waals surface area contributed by atoms with Crippen LogP contribution in [0.1, 0.15) is 33.1 Å². The monoisotopic (exact) mass is 198 g/mol. The Morgan fingerprint density at radius 2 is 2.07 bits per heavy atom. The van der Waals surface area contributed by atoms with Gasteiger partial charge in [0.1, 0.15) is 5.76 Å². The van der Waals surface area contributed by atoms with E-state index in [0.717, 1.165) is 19.3 Å². The van der Waals surface area contributed by atoms with Gasteiger partial charge in [0.2, 0.25) is 0 Å². The quantitative estimate of drug-likeness (QED) is 0.386. The topological polar surface area (TPSA) is 35.5 Å². The van der Waals surface area contributed by atoms with E-state index >= 15 is 0 Å². The van der Waals surface area contributed by atoms with Crippen molar-refractivity contribution >= 4 is 6.16 Å². The summed E-state index contributed by atoms with van der Waals surface area (Å²) in [6, 6.07) is 0. The molecule has 80 valence electrons. The summed E-state index contributed by atoms with van der Waals surface area (Å²) < 4.78 is 9.32. The lowest BCUT2D eigenvalue weighted by Gasteiger charge is -2.02. The first-order chi connectivity index (χ1) is 6.74. The standard InChI is InChI=1S/C11H18O3/c1-4-6-8-10(9-7-5-2)14-11(12)13-3/h6,8-9H,4-5,7H2,1-3H3/b8-6-,10-9+. The van der Waals surface area contributed by atoms with Crippen molar-refractivity contribution in [2.24, 2.45) is 0 Å². The molecule has 0 aromatic heterocycles. The Morgan fingerprint density at radius 3 is 2.57 bits per heavy atom. The molecule has 0 rings (SSSR count). The molecule has 0 bridgehead atoms. The first-order valence-corrected chi connectivity index (χ1v) is 4.87. The van der Waals surface area contributed by atoms with Crippen molar-refractivity contribution < 1.29 is 14.3 Å². The van der Waals surface area contributed by atoms with Crippen LogP contribution < -0.4 is 0 Å². The van der Waals surface area contributed by atoms with E-state index in [1.165, 1.54) is 7.11 Å². The maximum absolute atomic E-state index is 10.8. The van der Waals surface area contributed by atoms with E-state index in [0.29, 0.717) is 5.76 Å². The molecule has 0 radical (unpaired) electrons. The first kappa shape index (κ1) is 12.8. The highest BCUT2D eigenvalue weighted by molar-refractivity contribution is 5.61. The summed E-state index contributed by atoms with van der Waals surface area (Å²) in [7, 11) is 1.29. The second kappa shape index (κ2) is 8.35. The zero-order chi connectivity index (χ0) is 10.8. The van der Waals surface area contributed by atoms with Crippen LogP contribution in [0.4, 0.5) is 4.79 Å². The van der Waals surface area contributed by atoms with E-state index in [2.05, 4.69) is 11.7 Å². The summed E-state index contributed by atoms with van der Waals surface area (Å²) in [4.78, 5) is 10.8. The fourth-order valence-electron chi connectivity index (χ4n) is 0.802. The van der Waals surface area contributed by atoms with Gasteiger partial charge in [-0.15, -0.1) is 0 Å². The molecule has 0 aliphatic carbocycles. The number of ether oxygens (including phenoxy) is 2. The third kappa shape index (κ3) is 6.29.